The maximum atomic E-state index is 13.0. The summed E-state index contributed by atoms with van der Waals surface area (Å²) in [5.41, 5.74) is 7.20. The normalized spacial score (nSPS) is 15.7. The van der Waals surface area contributed by atoms with Crippen LogP contribution < -0.4 is 10.6 Å². The minimum Gasteiger partial charge on any atom is -0.370 e. The third kappa shape index (κ3) is 6.62. The Morgan fingerprint density at radius 3 is 2.32 bits per heavy atom. The van der Waals surface area contributed by atoms with E-state index in [1.165, 1.54) is 12.1 Å². The Bertz CT molecular complexity index is 527. The molecule has 5 nitrogen and oxygen atoms in total. The molecule has 2 rings (SSSR count). The van der Waals surface area contributed by atoms with E-state index < -0.39 is 0 Å². The van der Waals surface area contributed by atoms with Gasteiger partial charge in [-0.05, 0) is 44.7 Å². The first-order valence-corrected chi connectivity index (χ1v) is 8.80. The minimum atomic E-state index is -0.198. The number of hydrogen-bond acceptors (Lipinski definition) is 3. The Kier molecular flexibility index (Phi) is 9.48. The zero-order valence-electron chi connectivity index (χ0n) is 15.5. The lowest BCUT2D eigenvalue weighted by molar-refractivity contribution is 0.240. The molecule has 0 spiro atoms. The zero-order chi connectivity index (χ0) is 17.5. The lowest BCUT2D eigenvalue weighted by atomic mass is 10.2. The van der Waals surface area contributed by atoms with Crippen molar-refractivity contribution in [2.75, 3.05) is 50.7 Å². The number of halogens is 2. The Morgan fingerprint density at radius 2 is 1.80 bits per heavy atom. The summed E-state index contributed by atoms with van der Waals surface area (Å²) in [6.45, 7) is 12.7. The monoisotopic (exact) mass is 463 g/mol. The van der Waals surface area contributed by atoms with E-state index in [9.17, 15) is 4.39 Å². The molecule has 0 saturated carbocycles. The average molecular weight is 463 g/mol. The maximum absolute atomic E-state index is 13.0. The van der Waals surface area contributed by atoms with Crippen LogP contribution in [0.25, 0.3) is 0 Å². The fourth-order valence-corrected chi connectivity index (χ4v) is 3.02. The van der Waals surface area contributed by atoms with Gasteiger partial charge in [-0.15, -0.1) is 24.0 Å². The number of likely N-dealkylation sites (N-methyl/N-ethyl adjacent to an activating group) is 1. The molecule has 1 saturated heterocycles. The second kappa shape index (κ2) is 10.8. The van der Waals surface area contributed by atoms with E-state index in [2.05, 4.69) is 40.5 Å². The van der Waals surface area contributed by atoms with Crippen LogP contribution in [-0.2, 0) is 0 Å². The number of anilines is 1. The van der Waals surface area contributed by atoms with Crippen molar-refractivity contribution in [2.24, 2.45) is 10.7 Å². The predicted molar refractivity (Wildman–Crippen MR) is 114 cm³/mol. The number of benzene rings is 1. The van der Waals surface area contributed by atoms with Crippen molar-refractivity contribution >= 4 is 35.6 Å². The van der Waals surface area contributed by atoms with Gasteiger partial charge in [0.15, 0.2) is 5.96 Å². The van der Waals surface area contributed by atoms with Crippen molar-refractivity contribution in [2.45, 2.75) is 26.8 Å². The molecule has 1 aromatic carbocycles. The van der Waals surface area contributed by atoms with Crippen molar-refractivity contribution in [3.63, 3.8) is 0 Å². The average Bonchev–Trinajstić information content (AvgIpc) is 2.59. The van der Waals surface area contributed by atoms with Gasteiger partial charge in [-0.25, -0.2) is 4.39 Å². The molecule has 0 unspecified atom stereocenters. The summed E-state index contributed by atoms with van der Waals surface area (Å²) in [5.74, 6) is 0.435. The molecule has 0 atom stereocenters. The van der Waals surface area contributed by atoms with Gasteiger partial charge in [0, 0.05) is 44.5 Å². The van der Waals surface area contributed by atoms with Crippen LogP contribution in [0.2, 0.25) is 0 Å². The summed E-state index contributed by atoms with van der Waals surface area (Å²) in [5, 5.41) is 0. The zero-order valence-corrected chi connectivity index (χ0v) is 17.8. The molecule has 0 radical (unpaired) electrons. The molecule has 1 fully saturated rings. The highest BCUT2D eigenvalue weighted by Gasteiger charge is 2.18. The van der Waals surface area contributed by atoms with Crippen LogP contribution in [0.1, 0.15) is 20.8 Å². The molecular formula is C18H31FIN5. The highest BCUT2D eigenvalue weighted by molar-refractivity contribution is 14.0. The van der Waals surface area contributed by atoms with Gasteiger partial charge in [0.25, 0.3) is 0 Å². The van der Waals surface area contributed by atoms with Crippen LogP contribution in [0.4, 0.5) is 10.1 Å². The van der Waals surface area contributed by atoms with Crippen LogP contribution in [0.5, 0.6) is 0 Å². The summed E-state index contributed by atoms with van der Waals surface area (Å²) < 4.78 is 13.0. The van der Waals surface area contributed by atoms with Crippen LogP contribution in [0.3, 0.4) is 0 Å². The fourth-order valence-electron chi connectivity index (χ4n) is 3.02. The molecule has 142 valence electrons. The van der Waals surface area contributed by atoms with E-state index in [1.54, 1.807) is 0 Å². The molecule has 7 heteroatoms. The van der Waals surface area contributed by atoms with Crippen LogP contribution in [0, 0.1) is 5.82 Å². The Morgan fingerprint density at radius 1 is 1.20 bits per heavy atom. The highest BCUT2D eigenvalue weighted by atomic mass is 127. The number of hydrogen-bond donors (Lipinski definition) is 1. The lowest BCUT2D eigenvalue weighted by Gasteiger charge is -2.36. The molecule has 1 aromatic rings. The van der Waals surface area contributed by atoms with Crippen molar-refractivity contribution < 1.29 is 4.39 Å². The number of guanidine groups is 1. The molecule has 1 heterocycles. The largest absolute Gasteiger partial charge is 0.370 e. The molecule has 0 amide bonds. The van der Waals surface area contributed by atoms with Crippen LogP contribution in [-0.4, -0.2) is 67.6 Å². The molecular weight excluding hydrogens is 432 g/mol. The lowest BCUT2D eigenvalue weighted by Crippen LogP contribution is -2.51. The summed E-state index contributed by atoms with van der Waals surface area (Å²) in [6, 6.07) is 7.20. The second-order valence-electron chi connectivity index (χ2n) is 6.41. The summed E-state index contributed by atoms with van der Waals surface area (Å²) in [4.78, 5) is 11.3. The number of piperazine rings is 1. The summed E-state index contributed by atoms with van der Waals surface area (Å²) in [7, 11) is 0. The van der Waals surface area contributed by atoms with E-state index in [-0.39, 0.29) is 29.8 Å². The minimum absolute atomic E-state index is 0. The summed E-state index contributed by atoms with van der Waals surface area (Å²) in [6.07, 6.45) is 0. The Labute approximate surface area is 168 Å². The molecule has 1 aliphatic rings. The van der Waals surface area contributed by atoms with E-state index in [4.69, 9.17) is 5.73 Å². The standard InChI is InChI=1S/C18H30FN5.HI/c1-4-22(15(2)3)10-9-21-18(20)24-13-11-23(12-14-24)17-7-5-16(19)6-8-17;/h5-8,15H,4,9-14H2,1-3H3,(H2,20,21);1H. The van der Waals surface area contributed by atoms with Gasteiger partial charge >= 0.3 is 0 Å². The van der Waals surface area contributed by atoms with Crippen molar-refractivity contribution in [3.8, 4) is 0 Å². The second-order valence-corrected chi connectivity index (χ2v) is 6.41. The topological polar surface area (TPSA) is 48.1 Å². The Hall–Kier alpha value is -1.09. The molecule has 0 aliphatic carbocycles. The predicted octanol–water partition coefficient (Wildman–Crippen LogP) is 2.61. The van der Waals surface area contributed by atoms with E-state index in [0.717, 1.165) is 51.5 Å². The van der Waals surface area contributed by atoms with Gasteiger partial charge in [-0.3, -0.25) is 9.89 Å². The third-order valence-corrected chi connectivity index (χ3v) is 4.59. The SMILES string of the molecule is CCN(CCN=C(N)N1CCN(c2ccc(F)cc2)CC1)C(C)C.I. The van der Waals surface area contributed by atoms with E-state index in [1.807, 2.05) is 12.1 Å². The number of nitrogens with two attached hydrogens (primary N) is 1. The first-order valence-electron chi connectivity index (χ1n) is 8.80. The van der Waals surface area contributed by atoms with Gasteiger partial charge < -0.3 is 15.5 Å². The Balaban J connectivity index is 0.00000312. The van der Waals surface area contributed by atoms with E-state index >= 15 is 0 Å². The first-order chi connectivity index (χ1) is 11.5. The molecule has 25 heavy (non-hydrogen) atoms. The number of nitrogens with zero attached hydrogens (tertiary/aromatic N) is 4. The third-order valence-electron chi connectivity index (χ3n) is 4.59. The van der Waals surface area contributed by atoms with Gasteiger partial charge in [0.05, 0.1) is 6.54 Å². The highest BCUT2D eigenvalue weighted by Crippen LogP contribution is 2.16. The van der Waals surface area contributed by atoms with Gasteiger partial charge in [0.1, 0.15) is 5.82 Å². The molecule has 0 bridgehead atoms. The fraction of sp³-hybridized carbons (Fsp3) is 0.611. The van der Waals surface area contributed by atoms with E-state index in [0.29, 0.717) is 12.0 Å². The smallest absolute Gasteiger partial charge is 0.191 e. The van der Waals surface area contributed by atoms with Crippen LogP contribution >= 0.6 is 24.0 Å². The number of aliphatic imine (C=N–C) groups is 1. The summed E-state index contributed by atoms with van der Waals surface area (Å²) >= 11 is 0. The van der Waals surface area contributed by atoms with Crippen LogP contribution in [0.15, 0.2) is 29.3 Å². The first kappa shape index (κ1) is 22.0. The quantitative estimate of drug-likeness (QED) is 0.401. The van der Waals surface area contributed by atoms with Gasteiger partial charge in [-0.1, -0.05) is 6.92 Å². The molecule has 1 aliphatic heterocycles. The van der Waals surface area contributed by atoms with Gasteiger partial charge in [-0.2, -0.15) is 0 Å². The van der Waals surface area contributed by atoms with Crippen molar-refractivity contribution in [1.82, 2.24) is 9.80 Å². The van der Waals surface area contributed by atoms with Gasteiger partial charge in [0.2, 0.25) is 0 Å². The maximum Gasteiger partial charge on any atom is 0.191 e. The molecule has 2 N–H and O–H groups in total. The van der Waals surface area contributed by atoms with Crippen molar-refractivity contribution in [1.29, 1.82) is 0 Å². The van der Waals surface area contributed by atoms with Crippen molar-refractivity contribution in [3.05, 3.63) is 30.1 Å². The molecule has 0 aromatic heterocycles. The number of rotatable bonds is 6.